The number of aryl methyl sites for hydroxylation is 1. The minimum Gasteiger partial charge on any atom is -0.459 e. The van der Waals surface area contributed by atoms with Gasteiger partial charge in [0.15, 0.2) is 0 Å². The molecule has 1 aromatic heterocycles. The van der Waals surface area contributed by atoms with Gasteiger partial charge in [-0.25, -0.2) is 4.79 Å². The standard InChI is InChI=1S/C14H22O5S/c1-2-3-12-6-7-13(20-12)14(18)19-9-11(17)5-4-10(16)8-15/h6-7,10-11,15-17H,2-5,8-9H2,1H3. The maximum absolute atomic E-state index is 11.7. The summed E-state index contributed by atoms with van der Waals surface area (Å²) in [4.78, 5) is 13.4. The van der Waals surface area contributed by atoms with E-state index in [1.807, 2.05) is 6.07 Å². The first-order valence-electron chi connectivity index (χ1n) is 6.79. The summed E-state index contributed by atoms with van der Waals surface area (Å²) in [5, 5.41) is 27.4. The largest absolute Gasteiger partial charge is 0.459 e. The van der Waals surface area contributed by atoms with Crippen LogP contribution in [-0.2, 0) is 11.2 Å². The van der Waals surface area contributed by atoms with Gasteiger partial charge >= 0.3 is 5.97 Å². The molecule has 3 N–H and O–H groups in total. The van der Waals surface area contributed by atoms with E-state index in [9.17, 15) is 9.90 Å². The normalized spacial score (nSPS) is 14.0. The molecule has 0 saturated carbocycles. The number of thiophene rings is 1. The molecule has 0 aromatic carbocycles. The van der Waals surface area contributed by atoms with E-state index in [0.29, 0.717) is 4.88 Å². The van der Waals surface area contributed by atoms with Gasteiger partial charge in [0, 0.05) is 4.88 Å². The topological polar surface area (TPSA) is 87.0 Å². The highest BCUT2D eigenvalue weighted by Gasteiger charge is 2.14. The first kappa shape index (κ1) is 17.1. The quantitative estimate of drug-likeness (QED) is 0.599. The second-order valence-corrected chi connectivity index (χ2v) is 5.85. The van der Waals surface area contributed by atoms with Gasteiger partial charge in [-0.1, -0.05) is 13.3 Å². The van der Waals surface area contributed by atoms with Crippen LogP contribution in [-0.4, -0.2) is 46.7 Å². The van der Waals surface area contributed by atoms with Crippen LogP contribution < -0.4 is 0 Å². The summed E-state index contributed by atoms with van der Waals surface area (Å²) in [5.74, 6) is -0.431. The molecule has 20 heavy (non-hydrogen) atoms. The molecule has 0 amide bonds. The van der Waals surface area contributed by atoms with Crippen molar-refractivity contribution < 1.29 is 24.9 Å². The monoisotopic (exact) mass is 302 g/mol. The Morgan fingerprint density at radius 2 is 2.00 bits per heavy atom. The summed E-state index contributed by atoms with van der Waals surface area (Å²) in [6.45, 7) is 1.65. The Kier molecular flexibility index (Phi) is 7.76. The van der Waals surface area contributed by atoms with Gasteiger partial charge in [0.2, 0.25) is 0 Å². The van der Waals surface area contributed by atoms with E-state index in [-0.39, 0.29) is 26.1 Å². The van der Waals surface area contributed by atoms with Crippen LogP contribution in [0.3, 0.4) is 0 Å². The van der Waals surface area contributed by atoms with Gasteiger partial charge in [0.1, 0.15) is 11.5 Å². The molecule has 0 saturated heterocycles. The Morgan fingerprint density at radius 3 is 2.65 bits per heavy atom. The molecule has 0 radical (unpaired) electrons. The lowest BCUT2D eigenvalue weighted by Crippen LogP contribution is -2.21. The van der Waals surface area contributed by atoms with Gasteiger partial charge in [-0.3, -0.25) is 0 Å². The Hall–Kier alpha value is -0.950. The first-order valence-corrected chi connectivity index (χ1v) is 7.61. The number of ether oxygens (including phenoxy) is 1. The second-order valence-electron chi connectivity index (χ2n) is 4.68. The van der Waals surface area contributed by atoms with Crippen molar-refractivity contribution in [2.75, 3.05) is 13.2 Å². The lowest BCUT2D eigenvalue weighted by atomic mass is 10.1. The van der Waals surface area contributed by atoms with Crippen molar-refractivity contribution in [2.24, 2.45) is 0 Å². The lowest BCUT2D eigenvalue weighted by molar-refractivity contribution is 0.0167. The molecule has 2 unspecified atom stereocenters. The highest BCUT2D eigenvalue weighted by Crippen LogP contribution is 2.19. The van der Waals surface area contributed by atoms with Crippen LogP contribution in [0.25, 0.3) is 0 Å². The van der Waals surface area contributed by atoms with Crippen molar-refractivity contribution in [3.05, 3.63) is 21.9 Å². The van der Waals surface area contributed by atoms with E-state index in [0.717, 1.165) is 17.7 Å². The van der Waals surface area contributed by atoms with E-state index < -0.39 is 18.2 Å². The molecule has 0 aliphatic heterocycles. The third kappa shape index (κ3) is 6.00. The van der Waals surface area contributed by atoms with Crippen molar-refractivity contribution in [1.29, 1.82) is 0 Å². The fraction of sp³-hybridized carbons (Fsp3) is 0.643. The van der Waals surface area contributed by atoms with Crippen molar-refractivity contribution >= 4 is 17.3 Å². The van der Waals surface area contributed by atoms with Crippen molar-refractivity contribution in [3.8, 4) is 0 Å². The molecule has 6 heteroatoms. The van der Waals surface area contributed by atoms with E-state index in [4.69, 9.17) is 14.9 Å². The predicted molar refractivity (Wildman–Crippen MR) is 76.9 cm³/mol. The second kappa shape index (κ2) is 9.07. The minimum atomic E-state index is -0.839. The number of carbonyl (C=O) groups is 1. The minimum absolute atomic E-state index is 0.0992. The van der Waals surface area contributed by atoms with Gasteiger partial charge in [-0.05, 0) is 31.4 Å². The Balaban J connectivity index is 2.31. The summed E-state index contributed by atoms with van der Waals surface area (Å²) in [6, 6.07) is 3.65. The molecule has 1 heterocycles. The average molecular weight is 302 g/mol. The highest BCUT2D eigenvalue weighted by atomic mass is 32.1. The van der Waals surface area contributed by atoms with Crippen LogP contribution in [0.15, 0.2) is 12.1 Å². The van der Waals surface area contributed by atoms with Crippen LogP contribution >= 0.6 is 11.3 Å². The average Bonchev–Trinajstić information content (AvgIpc) is 2.91. The third-order valence-corrected chi connectivity index (χ3v) is 3.93. The molecular formula is C14H22O5S. The fourth-order valence-corrected chi connectivity index (χ4v) is 2.67. The van der Waals surface area contributed by atoms with Gasteiger partial charge in [-0.15, -0.1) is 11.3 Å². The molecule has 0 fully saturated rings. The van der Waals surface area contributed by atoms with Crippen molar-refractivity contribution in [1.82, 2.24) is 0 Å². The Labute approximate surface area is 122 Å². The van der Waals surface area contributed by atoms with Crippen LogP contribution in [0.1, 0.15) is 40.7 Å². The van der Waals surface area contributed by atoms with Crippen molar-refractivity contribution in [2.45, 2.75) is 44.8 Å². The molecular weight excluding hydrogens is 280 g/mol. The van der Waals surface area contributed by atoms with Gasteiger partial charge in [0.25, 0.3) is 0 Å². The molecule has 0 aliphatic rings. The zero-order chi connectivity index (χ0) is 15.0. The summed E-state index contributed by atoms with van der Waals surface area (Å²) < 4.78 is 5.02. The maximum atomic E-state index is 11.7. The molecule has 0 aliphatic carbocycles. The van der Waals surface area contributed by atoms with Crippen LogP contribution in [0.5, 0.6) is 0 Å². The van der Waals surface area contributed by atoms with E-state index in [1.54, 1.807) is 6.07 Å². The zero-order valence-electron chi connectivity index (χ0n) is 11.6. The summed E-state index contributed by atoms with van der Waals surface area (Å²) in [6.07, 6.45) is 0.861. The number of aliphatic hydroxyl groups is 3. The summed E-state index contributed by atoms with van der Waals surface area (Å²) in [7, 11) is 0. The number of aliphatic hydroxyl groups excluding tert-OH is 3. The molecule has 1 rings (SSSR count). The number of esters is 1. The Bertz CT molecular complexity index is 404. The van der Waals surface area contributed by atoms with E-state index in [1.165, 1.54) is 11.3 Å². The third-order valence-electron chi connectivity index (χ3n) is 2.81. The first-order chi connectivity index (χ1) is 9.56. The summed E-state index contributed by atoms with van der Waals surface area (Å²) in [5.41, 5.74) is 0. The molecule has 0 spiro atoms. The molecule has 5 nitrogen and oxygen atoms in total. The highest BCUT2D eigenvalue weighted by molar-refractivity contribution is 7.13. The predicted octanol–water partition coefficient (Wildman–Crippen LogP) is 1.35. The number of hydrogen-bond acceptors (Lipinski definition) is 6. The smallest absolute Gasteiger partial charge is 0.348 e. The molecule has 114 valence electrons. The van der Waals surface area contributed by atoms with Crippen LogP contribution in [0, 0.1) is 0 Å². The molecule has 1 aromatic rings. The number of rotatable bonds is 9. The van der Waals surface area contributed by atoms with Crippen LogP contribution in [0.2, 0.25) is 0 Å². The van der Waals surface area contributed by atoms with Crippen molar-refractivity contribution in [3.63, 3.8) is 0 Å². The number of hydrogen-bond donors (Lipinski definition) is 3. The fourth-order valence-electron chi connectivity index (χ4n) is 1.67. The molecule has 0 bridgehead atoms. The van der Waals surface area contributed by atoms with Gasteiger partial charge in [-0.2, -0.15) is 0 Å². The van der Waals surface area contributed by atoms with E-state index in [2.05, 4.69) is 6.92 Å². The summed E-state index contributed by atoms with van der Waals surface area (Å²) >= 11 is 1.41. The SMILES string of the molecule is CCCc1ccc(C(=O)OCC(O)CCC(O)CO)s1. The van der Waals surface area contributed by atoms with Gasteiger partial charge in [0.05, 0.1) is 18.8 Å². The molecule has 2 atom stereocenters. The van der Waals surface area contributed by atoms with Crippen LogP contribution in [0.4, 0.5) is 0 Å². The number of carbonyl (C=O) groups excluding carboxylic acids is 1. The zero-order valence-corrected chi connectivity index (χ0v) is 12.4. The van der Waals surface area contributed by atoms with E-state index >= 15 is 0 Å². The van der Waals surface area contributed by atoms with Gasteiger partial charge < -0.3 is 20.1 Å². The maximum Gasteiger partial charge on any atom is 0.348 e. The lowest BCUT2D eigenvalue weighted by Gasteiger charge is -2.12. The Morgan fingerprint density at radius 1 is 1.30 bits per heavy atom.